The fourth-order valence-corrected chi connectivity index (χ4v) is 1.93. The molecule has 4 nitrogen and oxygen atoms in total. The number of aromatic nitrogens is 2. The first-order chi connectivity index (χ1) is 9.22. The third-order valence-electron chi connectivity index (χ3n) is 2.71. The summed E-state index contributed by atoms with van der Waals surface area (Å²) in [6, 6.07) is 9.81. The van der Waals surface area contributed by atoms with Crippen LogP contribution in [0.15, 0.2) is 30.3 Å². The van der Waals surface area contributed by atoms with E-state index < -0.39 is 0 Å². The average molecular weight is 257 g/mol. The van der Waals surface area contributed by atoms with Crippen LogP contribution in [0.3, 0.4) is 0 Å². The minimum Gasteiger partial charge on any atom is -0.494 e. The number of rotatable bonds is 5. The van der Waals surface area contributed by atoms with Crippen molar-refractivity contribution < 1.29 is 4.74 Å². The molecule has 0 spiro atoms. The zero-order valence-corrected chi connectivity index (χ0v) is 11.4. The molecule has 0 aliphatic heterocycles. The summed E-state index contributed by atoms with van der Waals surface area (Å²) in [4.78, 5) is 9.03. The highest BCUT2D eigenvalue weighted by Crippen LogP contribution is 2.21. The van der Waals surface area contributed by atoms with Crippen LogP contribution < -0.4 is 10.5 Å². The molecule has 2 aromatic rings. The molecule has 0 saturated carbocycles. The average Bonchev–Trinajstić information content (AvgIpc) is 2.39. The van der Waals surface area contributed by atoms with Gasteiger partial charge in [-0.3, -0.25) is 0 Å². The van der Waals surface area contributed by atoms with Crippen molar-refractivity contribution in [3.63, 3.8) is 0 Å². The topological polar surface area (TPSA) is 61.0 Å². The monoisotopic (exact) mass is 257 g/mol. The van der Waals surface area contributed by atoms with Gasteiger partial charge in [-0.1, -0.05) is 12.1 Å². The zero-order valence-electron chi connectivity index (χ0n) is 11.4. The number of hydrogen-bond donors (Lipinski definition) is 1. The fourth-order valence-electron chi connectivity index (χ4n) is 1.93. The molecule has 1 aromatic heterocycles. The van der Waals surface area contributed by atoms with Crippen molar-refractivity contribution in [1.82, 2.24) is 9.97 Å². The lowest BCUT2D eigenvalue weighted by Gasteiger charge is -2.07. The quantitative estimate of drug-likeness (QED) is 0.893. The molecule has 0 radical (unpaired) electrons. The molecule has 0 saturated heterocycles. The van der Waals surface area contributed by atoms with Crippen LogP contribution in [0.25, 0.3) is 11.4 Å². The summed E-state index contributed by atoms with van der Waals surface area (Å²) in [6.07, 6.45) is 0.765. The first kappa shape index (κ1) is 13.5. The molecule has 100 valence electrons. The van der Waals surface area contributed by atoms with Gasteiger partial charge in [-0.15, -0.1) is 0 Å². The highest BCUT2D eigenvalue weighted by Gasteiger charge is 2.06. The van der Waals surface area contributed by atoms with Gasteiger partial charge in [0.25, 0.3) is 0 Å². The van der Waals surface area contributed by atoms with E-state index in [1.165, 1.54) is 0 Å². The molecular formula is C15H19N3O. The lowest BCUT2D eigenvalue weighted by atomic mass is 10.2. The normalized spacial score (nSPS) is 10.5. The summed E-state index contributed by atoms with van der Waals surface area (Å²) in [5.74, 6) is 1.57. The van der Waals surface area contributed by atoms with Crippen molar-refractivity contribution in [3.8, 4) is 17.1 Å². The van der Waals surface area contributed by atoms with Crippen LogP contribution >= 0.6 is 0 Å². The molecule has 0 aliphatic rings. The van der Waals surface area contributed by atoms with Crippen molar-refractivity contribution in [1.29, 1.82) is 0 Å². The molecule has 0 unspecified atom stereocenters. The molecule has 1 heterocycles. The second-order valence-corrected chi connectivity index (χ2v) is 4.32. The number of ether oxygens (including phenoxy) is 1. The van der Waals surface area contributed by atoms with Gasteiger partial charge in [0.1, 0.15) is 5.75 Å². The highest BCUT2D eigenvalue weighted by molar-refractivity contribution is 5.57. The van der Waals surface area contributed by atoms with E-state index in [1.807, 2.05) is 44.2 Å². The first-order valence-electron chi connectivity index (χ1n) is 6.50. The molecule has 0 aliphatic carbocycles. The zero-order chi connectivity index (χ0) is 13.7. The summed E-state index contributed by atoms with van der Waals surface area (Å²) in [7, 11) is 0. The van der Waals surface area contributed by atoms with Gasteiger partial charge >= 0.3 is 0 Å². The smallest absolute Gasteiger partial charge is 0.159 e. The third-order valence-corrected chi connectivity index (χ3v) is 2.71. The van der Waals surface area contributed by atoms with E-state index in [4.69, 9.17) is 10.5 Å². The maximum Gasteiger partial charge on any atom is 0.159 e. The standard InChI is InChI=1S/C15H19N3O/c1-3-19-14-6-4-5-12(10-14)15-17-11(2)9-13(18-15)7-8-16/h4-6,9-10H,3,7-8,16H2,1-2H3. The van der Waals surface area contributed by atoms with Gasteiger partial charge < -0.3 is 10.5 Å². The SMILES string of the molecule is CCOc1cccc(-c2nc(C)cc(CCN)n2)c1. The number of hydrogen-bond acceptors (Lipinski definition) is 4. The maximum absolute atomic E-state index is 5.58. The van der Waals surface area contributed by atoms with Gasteiger partial charge in [-0.25, -0.2) is 9.97 Å². The van der Waals surface area contributed by atoms with Crippen molar-refractivity contribution >= 4 is 0 Å². The van der Waals surface area contributed by atoms with Crippen molar-refractivity contribution in [2.24, 2.45) is 5.73 Å². The fraction of sp³-hybridized carbons (Fsp3) is 0.333. The van der Waals surface area contributed by atoms with Crippen LogP contribution in [0.4, 0.5) is 0 Å². The van der Waals surface area contributed by atoms with E-state index in [1.54, 1.807) is 0 Å². The number of aryl methyl sites for hydroxylation is 1. The summed E-state index contributed by atoms with van der Waals surface area (Å²) >= 11 is 0. The summed E-state index contributed by atoms with van der Waals surface area (Å²) in [5, 5.41) is 0. The Bertz CT molecular complexity index is 555. The molecule has 0 amide bonds. The Morgan fingerprint density at radius 2 is 2.05 bits per heavy atom. The summed E-state index contributed by atoms with van der Waals surface area (Å²) in [6.45, 7) is 5.18. The van der Waals surface area contributed by atoms with Crippen LogP contribution in [-0.4, -0.2) is 23.1 Å². The number of nitrogens with zero attached hydrogens (tertiary/aromatic N) is 2. The Hall–Kier alpha value is -1.94. The van der Waals surface area contributed by atoms with Gasteiger partial charge in [0.15, 0.2) is 5.82 Å². The van der Waals surface area contributed by atoms with Crippen LogP contribution in [0.2, 0.25) is 0 Å². The van der Waals surface area contributed by atoms with Gasteiger partial charge in [-0.2, -0.15) is 0 Å². The molecule has 0 atom stereocenters. The minimum atomic E-state index is 0.592. The van der Waals surface area contributed by atoms with Crippen LogP contribution in [0.5, 0.6) is 5.75 Å². The summed E-state index contributed by atoms with van der Waals surface area (Å²) in [5.41, 5.74) is 8.48. The first-order valence-corrected chi connectivity index (χ1v) is 6.50. The van der Waals surface area contributed by atoms with Crippen molar-refractivity contribution in [2.75, 3.05) is 13.2 Å². The molecule has 19 heavy (non-hydrogen) atoms. The summed E-state index contributed by atoms with van der Waals surface area (Å²) < 4.78 is 5.50. The minimum absolute atomic E-state index is 0.592. The Balaban J connectivity index is 2.37. The molecule has 4 heteroatoms. The molecule has 2 rings (SSSR count). The second-order valence-electron chi connectivity index (χ2n) is 4.32. The van der Waals surface area contributed by atoms with Crippen LogP contribution in [0.1, 0.15) is 18.3 Å². The number of benzene rings is 1. The molecule has 0 bridgehead atoms. The van der Waals surface area contributed by atoms with E-state index in [0.717, 1.165) is 34.9 Å². The van der Waals surface area contributed by atoms with Crippen LogP contribution in [-0.2, 0) is 6.42 Å². The predicted octanol–water partition coefficient (Wildman–Crippen LogP) is 2.35. The van der Waals surface area contributed by atoms with E-state index in [-0.39, 0.29) is 0 Å². The Morgan fingerprint density at radius 1 is 1.21 bits per heavy atom. The maximum atomic E-state index is 5.58. The highest BCUT2D eigenvalue weighted by atomic mass is 16.5. The van der Waals surface area contributed by atoms with Gasteiger partial charge in [0.2, 0.25) is 0 Å². The van der Waals surface area contributed by atoms with Gasteiger partial charge in [0, 0.05) is 23.4 Å². The molecule has 0 fully saturated rings. The predicted molar refractivity (Wildman–Crippen MR) is 76.1 cm³/mol. The van der Waals surface area contributed by atoms with Crippen molar-refractivity contribution in [3.05, 3.63) is 41.7 Å². The molecule has 2 N–H and O–H groups in total. The largest absolute Gasteiger partial charge is 0.494 e. The molecule has 1 aromatic carbocycles. The van der Waals surface area contributed by atoms with E-state index in [2.05, 4.69) is 9.97 Å². The lowest BCUT2D eigenvalue weighted by molar-refractivity contribution is 0.340. The molecular weight excluding hydrogens is 238 g/mol. The van der Waals surface area contributed by atoms with Crippen molar-refractivity contribution in [2.45, 2.75) is 20.3 Å². The Labute approximate surface area is 113 Å². The van der Waals surface area contributed by atoms with E-state index in [0.29, 0.717) is 13.2 Å². The van der Waals surface area contributed by atoms with Gasteiger partial charge in [0.05, 0.1) is 6.61 Å². The lowest BCUT2D eigenvalue weighted by Crippen LogP contribution is -2.06. The third kappa shape index (κ3) is 3.51. The number of nitrogens with two attached hydrogens (primary N) is 1. The van der Waals surface area contributed by atoms with Crippen LogP contribution in [0, 0.1) is 6.92 Å². The van der Waals surface area contributed by atoms with Gasteiger partial charge in [-0.05, 0) is 38.6 Å². The van der Waals surface area contributed by atoms with E-state index in [9.17, 15) is 0 Å². The Kier molecular flexibility index (Phi) is 4.47. The Morgan fingerprint density at radius 3 is 2.79 bits per heavy atom. The second kappa shape index (κ2) is 6.29. The van der Waals surface area contributed by atoms with E-state index >= 15 is 0 Å².